The largest absolute Gasteiger partial charge is 0.384 e. The molecule has 2 amide bonds. The van der Waals surface area contributed by atoms with Gasteiger partial charge in [-0.15, -0.1) is 24.8 Å². The van der Waals surface area contributed by atoms with Crippen LogP contribution in [0, 0.1) is 10.8 Å². The molecule has 0 aliphatic heterocycles. The second kappa shape index (κ2) is 11.8. The van der Waals surface area contributed by atoms with E-state index in [4.69, 9.17) is 22.3 Å². The van der Waals surface area contributed by atoms with Crippen molar-refractivity contribution >= 4 is 59.7 Å². The van der Waals surface area contributed by atoms with Gasteiger partial charge in [0.2, 0.25) is 11.8 Å². The molecule has 162 valence electrons. The summed E-state index contributed by atoms with van der Waals surface area (Å²) in [6.45, 7) is 0. The minimum absolute atomic E-state index is 0. The van der Waals surface area contributed by atoms with Crippen molar-refractivity contribution in [2.75, 3.05) is 23.9 Å². The number of anilines is 2. The van der Waals surface area contributed by atoms with Crippen LogP contribution in [0.5, 0.6) is 0 Å². The van der Waals surface area contributed by atoms with Crippen molar-refractivity contribution in [2.24, 2.45) is 11.5 Å². The van der Waals surface area contributed by atoms with Gasteiger partial charge in [-0.1, -0.05) is 0 Å². The van der Waals surface area contributed by atoms with Crippen molar-refractivity contribution in [1.82, 2.24) is 0 Å². The molecule has 2 rings (SSSR count). The van der Waals surface area contributed by atoms with E-state index in [0.717, 1.165) is 0 Å². The molecule has 10 heteroatoms. The first-order valence-electron chi connectivity index (χ1n) is 8.62. The minimum Gasteiger partial charge on any atom is -0.384 e. The molecule has 0 saturated heterocycles. The van der Waals surface area contributed by atoms with E-state index in [-0.39, 0.29) is 61.1 Å². The first kappa shape index (κ1) is 26.9. The van der Waals surface area contributed by atoms with Crippen LogP contribution in [0.15, 0.2) is 48.5 Å². The third-order valence-corrected chi connectivity index (χ3v) is 4.43. The standard InChI is InChI=1S/C20H24N6O2.2ClH/c1-25(15-7-3-13(4-8-15)19(21)22)17(27)11-12-18(28)26(2)16-9-5-14(6-10-16)20(23)24;;/h3-10H,11-12H2,1-2H3,(H3,21,22)(H3,23,24);2*1H. The Morgan fingerprint density at radius 3 is 1.20 bits per heavy atom. The van der Waals surface area contributed by atoms with E-state index in [1.165, 1.54) is 9.80 Å². The van der Waals surface area contributed by atoms with Crippen molar-refractivity contribution < 1.29 is 9.59 Å². The van der Waals surface area contributed by atoms with Crippen LogP contribution in [0.3, 0.4) is 0 Å². The molecular weight excluding hydrogens is 427 g/mol. The Hall–Kier alpha value is -3.10. The highest BCUT2D eigenvalue weighted by Gasteiger charge is 2.16. The minimum atomic E-state index is -0.191. The van der Waals surface area contributed by atoms with Gasteiger partial charge in [-0.05, 0) is 48.5 Å². The second-order valence-corrected chi connectivity index (χ2v) is 6.33. The average Bonchev–Trinajstić information content (AvgIpc) is 2.70. The third kappa shape index (κ3) is 6.75. The molecule has 0 aliphatic carbocycles. The average molecular weight is 453 g/mol. The van der Waals surface area contributed by atoms with Crippen LogP contribution in [0.25, 0.3) is 0 Å². The smallest absolute Gasteiger partial charge is 0.227 e. The summed E-state index contributed by atoms with van der Waals surface area (Å²) in [6, 6.07) is 13.5. The summed E-state index contributed by atoms with van der Waals surface area (Å²) in [5.41, 5.74) is 13.3. The Morgan fingerprint density at radius 2 is 0.967 bits per heavy atom. The number of amides is 2. The lowest BCUT2D eigenvalue weighted by Gasteiger charge is -2.20. The lowest BCUT2D eigenvalue weighted by molar-refractivity contribution is -0.123. The van der Waals surface area contributed by atoms with Gasteiger partial charge in [0.05, 0.1) is 0 Å². The fraction of sp³-hybridized carbons (Fsp3) is 0.200. The lowest BCUT2D eigenvalue weighted by atomic mass is 10.1. The molecule has 2 aromatic carbocycles. The Labute approximate surface area is 188 Å². The van der Waals surface area contributed by atoms with Gasteiger partial charge in [0.15, 0.2) is 0 Å². The Balaban J connectivity index is 0.00000420. The number of hydrogen-bond acceptors (Lipinski definition) is 4. The number of benzene rings is 2. The molecule has 0 fully saturated rings. The highest BCUT2D eigenvalue weighted by Crippen LogP contribution is 2.17. The molecule has 2 aromatic rings. The molecule has 30 heavy (non-hydrogen) atoms. The summed E-state index contributed by atoms with van der Waals surface area (Å²) in [4.78, 5) is 27.7. The number of hydrogen-bond donors (Lipinski definition) is 4. The van der Waals surface area contributed by atoms with Gasteiger partial charge in [0.25, 0.3) is 0 Å². The molecule has 0 spiro atoms. The van der Waals surface area contributed by atoms with E-state index in [0.29, 0.717) is 22.5 Å². The predicted molar refractivity (Wildman–Crippen MR) is 125 cm³/mol. The maximum Gasteiger partial charge on any atom is 0.227 e. The first-order chi connectivity index (χ1) is 13.2. The molecule has 6 N–H and O–H groups in total. The Kier molecular flexibility index (Phi) is 10.6. The van der Waals surface area contributed by atoms with Crippen LogP contribution in [0.2, 0.25) is 0 Å². The number of amidine groups is 2. The SMILES string of the molecule is CN(C(=O)CCC(=O)N(C)c1ccc(C(=N)N)cc1)c1ccc(C(=N)N)cc1.Cl.Cl. The van der Waals surface area contributed by atoms with Crippen LogP contribution < -0.4 is 21.3 Å². The number of nitrogens with two attached hydrogens (primary N) is 2. The molecule has 0 aliphatic rings. The van der Waals surface area contributed by atoms with E-state index in [1.807, 2.05) is 0 Å². The quantitative estimate of drug-likeness (QED) is 0.378. The van der Waals surface area contributed by atoms with Gasteiger partial charge in [0, 0.05) is 49.4 Å². The van der Waals surface area contributed by atoms with Gasteiger partial charge in [0.1, 0.15) is 11.7 Å². The van der Waals surface area contributed by atoms with Gasteiger partial charge in [-0.25, -0.2) is 0 Å². The van der Waals surface area contributed by atoms with Crippen molar-refractivity contribution in [3.8, 4) is 0 Å². The molecular formula is C20H26Cl2N6O2. The van der Waals surface area contributed by atoms with Crippen LogP contribution >= 0.6 is 24.8 Å². The summed E-state index contributed by atoms with van der Waals surface area (Å²) < 4.78 is 0. The molecule has 0 saturated carbocycles. The zero-order chi connectivity index (χ0) is 20.8. The van der Waals surface area contributed by atoms with Crippen LogP contribution in [-0.2, 0) is 9.59 Å². The third-order valence-electron chi connectivity index (χ3n) is 4.43. The maximum atomic E-state index is 12.4. The number of rotatable bonds is 7. The number of nitrogens with zero attached hydrogens (tertiary/aromatic N) is 2. The van der Waals surface area contributed by atoms with E-state index in [2.05, 4.69) is 0 Å². The van der Waals surface area contributed by atoms with Gasteiger partial charge < -0.3 is 21.3 Å². The Bertz CT molecular complexity index is 825. The van der Waals surface area contributed by atoms with E-state index in [9.17, 15) is 9.59 Å². The molecule has 0 bridgehead atoms. The summed E-state index contributed by atoms with van der Waals surface area (Å²) in [5.74, 6) is -0.454. The fourth-order valence-corrected chi connectivity index (χ4v) is 2.57. The number of nitrogen functional groups attached to an aromatic ring is 2. The molecule has 0 radical (unpaired) electrons. The summed E-state index contributed by atoms with van der Waals surface area (Å²) in [5, 5.41) is 14.8. The molecule has 0 heterocycles. The molecule has 0 aromatic heterocycles. The summed E-state index contributed by atoms with van der Waals surface area (Å²) in [7, 11) is 3.28. The monoisotopic (exact) mass is 452 g/mol. The van der Waals surface area contributed by atoms with Crippen molar-refractivity contribution in [2.45, 2.75) is 12.8 Å². The summed E-state index contributed by atoms with van der Waals surface area (Å²) in [6.07, 6.45) is 0.138. The molecule has 0 atom stereocenters. The normalized spacial score (nSPS) is 9.53. The van der Waals surface area contributed by atoms with E-state index in [1.54, 1.807) is 62.6 Å². The van der Waals surface area contributed by atoms with Crippen molar-refractivity contribution in [3.05, 3.63) is 59.7 Å². The maximum absolute atomic E-state index is 12.4. The zero-order valence-electron chi connectivity index (χ0n) is 16.7. The predicted octanol–water partition coefficient (Wildman–Crippen LogP) is 2.50. The van der Waals surface area contributed by atoms with Crippen LogP contribution in [-0.4, -0.2) is 37.6 Å². The topological polar surface area (TPSA) is 140 Å². The van der Waals surface area contributed by atoms with Crippen LogP contribution in [0.4, 0.5) is 11.4 Å². The van der Waals surface area contributed by atoms with Gasteiger partial charge in [-0.2, -0.15) is 0 Å². The van der Waals surface area contributed by atoms with Crippen LogP contribution in [0.1, 0.15) is 24.0 Å². The zero-order valence-corrected chi connectivity index (χ0v) is 18.3. The number of nitrogens with one attached hydrogen (secondary N) is 2. The van der Waals surface area contributed by atoms with E-state index < -0.39 is 0 Å². The Morgan fingerprint density at radius 1 is 0.700 bits per heavy atom. The molecule has 0 unspecified atom stereocenters. The van der Waals surface area contributed by atoms with Gasteiger partial charge in [-0.3, -0.25) is 20.4 Å². The second-order valence-electron chi connectivity index (χ2n) is 6.33. The van der Waals surface area contributed by atoms with Gasteiger partial charge >= 0.3 is 0 Å². The lowest BCUT2D eigenvalue weighted by Crippen LogP contribution is -2.30. The van der Waals surface area contributed by atoms with Crippen molar-refractivity contribution in [3.63, 3.8) is 0 Å². The summed E-state index contributed by atoms with van der Waals surface area (Å²) >= 11 is 0. The highest BCUT2D eigenvalue weighted by atomic mass is 35.5. The first-order valence-corrected chi connectivity index (χ1v) is 8.62. The highest BCUT2D eigenvalue weighted by molar-refractivity contribution is 6.00. The number of carbonyl (C=O) groups is 2. The fourth-order valence-electron chi connectivity index (χ4n) is 2.57. The van der Waals surface area contributed by atoms with Crippen molar-refractivity contribution in [1.29, 1.82) is 10.8 Å². The molecule has 8 nitrogen and oxygen atoms in total. The van der Waals surface area contributed by atoms with E-state index >= 15 is 0 Å². The number of carbonyl (C=O) groups excluding carboxylic acids is 2. The number of halogens is 2.